The molecule has 2 fully saturated rings. The molecule has 1 unspecified atom stereocenters. The summed E-state index contributed by atoms with van der Waals surface area (Å²) in [6.07, 6.45) is 9.86. The Balaban J connectivity index is 1.56. The number of aliphatic imine (C=N–C) groups is 1. The quantitative estimate of drug-likeness (QED) is 0.746. The molecular formula is C17H29N3OS. The normalized spacial score (nSPS) is 27.4. The predicted octanol–water partition coefficient (Wildman–Crippen LogP) is 3.12. The Morgan fingerprint density at radius 3 is 2.64 bits per heavy atom. The molecule has 3 aliphatic rings. The van der Waals surface area contributed by atoms with Crippen LogP contribution in [0.5, 0.6) is 0 Å². The van der Waals surface area contributed by atoms with Crippen molar-refractivity contribution in [1.29, 1.82) is 0 Å². The van der Waals surface area contributed by atoms with Gasteiger partial charge < -0.3 is 9.80 Å². The van der Waals surface area contributed by atoms with Gasteiger partial charge >= 0.3 is 0 Å². The smallest absolute Gasteiger partial charge is 0.236 e. The van der Waals surface area contributed by atoms with Gasteiger partial charge in [-0.1, -0.05) is 44.4 Å². The lowest BCUT2D eigenvalue weighted by molar-refractivity contribution is -0.129. The summed E-state index contributed by atoms with van der Waals surface area (Å²) in [7, 11) is 0. The van der Waals surface area contributed by atoms with Crippen LogP contribution in [0.2, 0.25) is 0 Å². The molecule has 1 amide bonds. The average Bonchev–Trinajstić information content (AvgIpc) is 2.99. The highest BCUT2D eigenvalue weighted by atomic mass is 32.2. The molecule has 0 radical (unpaired) electrons. The van der Waals surface area contributed by atoms with E-state index < -0.39 is 0 Å². The molecule has 0 aromatic rings. The van der Waals surface area contributed by atoms with Crippen molar-refractivity contribution in [2.75, 3.05) is 26.2 Å². The first kappa shape index (κ1) is 16.2. The third kappa shape index (κ3) is 3.61. The van der Waals surface area contributed by atoms with E-state index in [-0.39, 0.29) is 5.25 Å². The molecule has 22 heavy (non-hydrogen) atoms. The van der Waals surface area contributed by atoms with Crippen LogP contribution in [0.1, 0.15) is 58.3 Å². The Morgan fingerprint density at radius 1 is 1.14 bits per heavy atom. The van der Waals surface area contributed by atoms with Crippen LogP contribution < -0.4 is 0 Å². The van der Waals surface area contributed by atoms with Crippen molar-refractivity contribution in [2.24, 2.45) is 4.99 Å². The molecule has 3 rings (SSSR count). The largest absolute Gasteiger partial charge is 0.350 e. The fourth-order valence-corrected chi connectivity index (χ4v) is 5.11. The second-order valence-corrected chi connectivity index (χ2v) is 7.89. The van der Waals surface area contributed by atoms with E-state index in [0.717, 1.165) is 44.2 Å². The first-order chi connectivity index (χ1) is 10.8. The highest BCUT2D eigenvalue weighted by Crippen LogP contribution is 2.32. The summed E-state index contributed by atoms with van der Waals surface area (Å²) >= 11 is 1.73. The summed E-state index contributed by atoms with van der Waals surface area (Å²) in [5.74, 6) is 0.378. The van der Waals surface area contributed by atoms with E-state index in [9.17, 15) is 4.79 Å². The van der Waals surface area contributed by atoms with Crippen molar-refractivity contribution in [2.45, 2.75) is 69.6 Å². The number of amides is 1. The van der Waals surface area contributed by atoms with Crippen LogP contribution >= 0.6 is 11.8 Å². The molecule has 1 saturated heterocycles. The number of amidine groups is 1. The summed E-state index contributed by atoms with van der Waals surface area (Å²) < 4.78 is 0. The molecule has 0 aromatic carbocycles. The van der Waals surface area contributed by atoms with Crippen LogP contribution in [0.15, 0.2) is 4.99 Å². The minimum atomic E-state index is 0.111. The van der Waals surface area contributed by atoms with E-state index in [1.165, 1.54) is 38.5 Å². The molecule has 0 bridgehead atoms. The van der Waals surface area contributed by atoms with Crippen molar-refractivity contribution >= 4 is 22.8 Å². The SMILES string of the molecule is CCCN1CCN=C1SC1CCN(C2CCCCCC2)C1=O. The van der Waals surface area contributed by atoms with Crippen LogP contribution in [0.3, 0.4) is 0 Å². The topological polar surface area (TPSA) is 35.9 Å². The number of hydrogen-bond acceptors (Lipinski definition) is 4. The molecule has 5 heteroatoms. The Bertz CT molecular complexity index is 418. The monoisotopic (exact) mass is 323 g/mol. The van der Waals surface area contributed by atoms with Gasteiger partial charge in [0.05, 0.1) is 11.8 Å². The van der Waals surface area contributed by atoms with E-state index in [1.54, 1.807) is 11.8 Å². The lowest BCUT2D eigenvalue weighted by atomic mass is 10.1. The van der Waals surface area contributed by atoms with Gasteiger partial charge in [0.15, 0.2) is 5.17 Å². The van der Waals surface area contributed by atoms with Gasteiger partial charge in [0.2, 0.25) is 5.91 Å². The van der Waals surface area contributed by atoms with E-state index in [0.29, 0.717) is 11.9 Å². The summed E-state index contributed by atoms with van der Waals surface area (Å²) in [5, 5.41) is 1.22. The van der Waals surface area contributed by atoms with Crippen LogP contribution in [-0.2, 0) is 4.79 Å². The van der Waals surface area contributed by atoms with Gasteiger partial charge in [0.25, 0.3) is 0 Å². The maximum atomic E-state index is 12.8. The van der Waals surface area contributed by atoms with Gasteiger partial charge in [-0.3, -0.25) is 9.79 Å². The molecule has 0 N–H and O–H groups in total. The summed E-state index contributed by atoms with van der Waals surface area (Å²) in [4.78, 5) is 22.0. The molecular weight excluding hydrogens is 294 g/mol. The Kier molecular flexibility index (Phi) is 5.66. The molecule has 1 saturated carbocycles. The first-order valence-electron chi connectivity index (χ1n) is 9.06. The number of nitrogens with zero attached hydrogens (tertiary/aromatic N) is 3. The van der Waals surface area contributed by atoms with Crippen molar-refractivity contribution in [3.05, 3.63) is 0 Å². The zero-order valence-electron chi connectivity index (χ0n) is 13.8. The summed E-state index contributed by atoms with van der Waals surface area (Å²) in [6, 6.07) is 0.512. The second-order valence-electron chi connectivity index (χ2n) is 6.72. The molecule has 0 spiro atoms. The Hall–Kier alpha value is -0.710. The number of likely N-dealkylation sites (tertiary alicyclic amines) is 1. The standard InChI is InChI=1S/C17H29N3OS/c1-2-11-19-13-10-18-17(19)22-15-9-12-20(16(15)21)14-7-5-3-4-6-8-14/h14-15H,2-13H2,1H3. The number of hydrogen-bond donors (Lipinski definition) is 0. The third-order valence-electron chi connectivity index (χ3n) is 5.08. The average molecular weight is 324 g/mol. The predicted molar refractivity (Wildman–Crippen MR) is 93.4 cm³/mol. The number of thioether (sulfide) groups is 1. The van der Waals surface area contributed by atoms with Gasteiger partial charge in [-0.25, -0.2) is 0 Å². The number of rotatable bonds is 4. The van der Waals surface area contributed by atoms with Crippen LogP contribution in [0, 0.1) is 0 Å². The van der Waals surface area contributed by atoms with Crippen LogP contribution in [0.25, 0.3) is 0 Å². The van der Waals surface area contributed by atoms with Crippen molar-refractivity contribution in [3.63, 3.8) is 0 Å². The third-order valence-corrected chi connectivity index (χ3v) is 6.40. The highest BCUT2D eigenvalue weighted by Gasteiger charge is 2.38. The van der Waals surface area contributed by atoms with Crippen molar-refractivity contribution in [3.8, 4) is 0 Å². The summed E-state index contributed by atoms with van der Waals surface area (Å²) in [6.45, 7) is 6.16. The van der Waals surface area contributed by atoms with Gasteiger partial charge in [-0.05, 0) is 25.7 Å². The maximum absolute atomic E-state index is 12.8. The lowest BCUT2D eigenvalue weighted by Gasteiger charge is -2.27. The molecule has 2 aliphatic heterocycles. The molecule has 0 aromatic heterocycles. The minimum Gasteiger partial charge on any atom is -0.350 e. The Labute approximate surface area is 138 Å². The van der Waals surface area contributed by atoms with Gasteiger partial charge in [-0.2, -0.15) is 0 Å². The van der Waals surface area contributed by atoms with E-state index in [4.69, 9.17) is 0 Å². The zero-order valence-corrected chi connectivity index (χ0v) is 14.6. The van der Waals surface area contributed by atoms with E-state index in [1.807, 2.05) is 0 Å². The fourth-order valence-electron chi connectivity index (χ4n) is 3.89. The Morgan fingerprint density at radius 2 is 1.91 bits per heavy atom. The van der Waals surface area contributed by atoms with Crippen LogP contribution in [-0.4, -0.2) is 58.3 Å². The van der Waals surface area contributed by atoms with Crippen molar-refractivity contribution < 1.29 is 4.79 Å². The molecule has 124 valence electrons. The summed E-state index contributed by atoms with van der Waals surface area (Å²) in [5.41, 5.74) is 0. The zero-order chi connectivity index (χ0) is 15.4. The first-order valence-corrected chi connectivity index (χ1v) is 9.94. The highest BCUT2D eigenvalue weighted by molar-refractivity contribution is 8.14. The maximum Gasteiger partial charge on any atom is 0.236 e. The second kappa shape index (κ2) is 7.71. The van der Waals surface area contributed by atoms with Crippen LogP contribution in [0.4, 0.5) is 0 Å². The van der Waals surface area contributed by atoms with E-state index >= 15 is 0 Å². The number of carbonyl (C=O) groups is 1. The number of carbonyl (C=O) groups excluding carboxylic acids is 1. The molecule has 1 aliphatic carbocycles. The molecule has 1 atom stereocenters. The van der Waals surface area contributed by atoms with Gasteiger partial charge in [0, 0.05) is 25.7 Å². The van der Waals surface area contributed by atoms with E-state index in [2.05, 4.69) is 21.7 Å². The lowest BCUT2D eigenvalue weighted by Crippen LogP contribution is -2.38. The van der Waals surface area contributed by atoms with Gasteiger partial charge in [0.1, 0.15) is 0 Å². The fraction of sp³-hybridized carbons (Fsp3) is 0.882. The van der Waals surface area contributed by atoms with Crippen molar-refractivity contribution in [1.82, 2.24) is 9.80 Å². The van der Waals surface area contributed by atoms with Gasteiger partial charge in [-0.15, -0.1) is 0 Å². The molecule has 2 heterocycles. The molecule has 4 nitrogen and oxygen atoms in total. The minimum absolute atomic E-state index is 0.111.